The lowest BCUT2D eigenvalue weighted by molar-refractivity contribution is 0.303. The number of hydrogen-bond acceptors (Lipinski definition) is 14. The summed E-state index contributed by atoms with van der Waals surface area (Å²) in [5.74, 6) is 2.40. The minimum atomic E-state index is -0.0263. The number of anilines is 10. The Hall–Kier alpha value is -6.64. The number of rotatable bonds is 16. The molecule has 0 atom stereocenters. The molecule has 2 aromatic heterocycles. The molecular formula is C40H44N12O2. The van der Waals surface area contributed by atoms with Gasteiger partial charge in [-0.05, 0) is 84.6 Å². The molecule has 0 aliphatic carbocycles. The monoisotopic (exact) mass is 724 g/mol. The van der Waals surface area contributed by atoms with Gasteiger partial charge in [-0.3, -0.25) is 0 Å². The molecule has 0 spiro atoms. The normalized spacial score (nSPS) is 11.0. The van der Waals surface area contributed by atoms with E-state index in [4.69, 9.17) is 0 Å². The van der Waals surface area contributed by atoms with Crippen LogP contribution in [0.1, 0.15) is 22.3 Å². The first kappa shape index (κ1) is 37.1. The Morgan fingerprint density at radius 2 is 0.833 bits per heavy atom. The van der Waals surface area contributed by atoms with E-state index in [1.807, 2.05) is 99.0 Å². The van der Waals surface area contributed by atoms with Crippen molar-refractivity contribution in [2.45, 2.75) is 13.8 Å². The van der Waals surface area contributed by atoms with Gasteiger partial charge in [-0.25, -0.2) is 0 Å². The van der Waals surface area contributed by atoms with Crippen LogP contribution in [0, 0.1) is 13.8 Å². The third-order valence-corrected chi connectivity index (χ3v) is 8.36. The second-order valence-electron chi connectivity index (χ2n) is 12.6. The average Bonchev–Trinajstić information content (AvgIpc) is 3.16. The van der Waals surface area contributed by atoms with Crippen LogP contribution in [-0.4, -0.2) is 80.5 Å². The molecule has 0 unspecified atom stereocenters. The maximum Gasteiger partial charge on any atom is 0.233 e. The fourth-order valence-electron chi connectivity index (χ4n) is 5.41. The van der Waals surface area contributed by atoms with Crippen LogP contribution in [0.4, 0.5) is 58.4 Å². The first-order valence-corrected chi connectivity index (χ1v) is 17.5. The Balaban J connectivity index is 1.16. The lowest BCUT2D eigenvalue weighted by Gasteiger charge is -2.18. The maximum atomic E-state index is 9.48. The van der Waals surface area contributed by atoms with Gasteiger partial charge < -0.3 is 41.3 Å². The van der Waals surface area contributed by atoms with Gasteiger partial charge in [0.2, 0.25) is 35.7 Å². The Morgan fingerprint density at radius 3 is 1.17 bits per heavy atom. The van der Waals surface area contributed by atoms with Gasteiger partial charge in [-0.2, -0.15) is 29.9 Å². The van der Waals surface area contributed by atoms with Crippen molar-refractivity contribution in [1.82, 2.24) is 29.9 Å². The van der Waals surface area contributed by atoms with E-state index in [0.717, 1.165) is 45.0 Å². The number of aliphatic hydroxyl groups excluding tert-OH is 2. The molecule has 276 valence electrons. The predicted octanol–water partition coefficient (Wildman–Crippen LogP) is 6.68. The van der Waals surface area contributed by atoms with Crippen LogP contribution in [0.25, 0.3) is 12.2 Å². The Kier molecular flexibility index (Phi) is 12.2. The highest BCUT2D eigenvalue weighted by Crippen LogP contribution is 2.25. The molecular weight excluding hydrogens is 681 g/mol. The quantitative estimate of drug-likeness (QED) is 0.0584. The van der Waals surface area contributed by atoms with Crippen molar-refractivity contribution < 1.29 is 10.2 Å². The zero-order chi connectivity index (χ0) is 37.9. The Morgan fingerprint density at radius 1 is 0.481 bits per heavy atom. The van der Waals surface area contributed by atoms with E-state index in [2.05, 4.69) is 89.3 Å². The van der Waals surface area contributed by atoms with Crippen LogP contribution in [0.2, 0.25) is 0 Å². The number of benzene rings is 4. The number of aromatic nitrogens is 6. The highest BCUT2D eigenvalue weighted by atomic mass is 16.3. The van der Waals surface area contributed by atoms with Gasteiger partial charge in [0.25, 0.3) is 0 Å². The van der Waals surface area contributed by atoms with E-state index in [1.54, 1.807) is 9.80 Å². The molecule has 54 heavy (non-hydrogen) atoms. The molecule has 0 radical (unpaired) electrons. The van der Waals surface area contributed by atoms with Crippen LogP contribution in [0.3, 0.4) is 0 Å². The summed E-state index contributed by atoms with van der Waals surface area (Å²) in [5.41, 5.74) is 7.63. The molecule has 0 saturated carbocycles. The molecule has 0 amide bonds. The minimum Gasteiger partial charge on any atom is -0.395 e. The average molecular weight is 725 g/mol. The number of aliphatic hydroxyl groups is 2. The van der Waals surface area contributed by atoms with Gasteiger partial charge in [0, 0.05) is 49.9 Å². The van der Waals surface area contributed by atoms with E-state index in [-0.39, 0.29) is 13.2 Å². The van der Waals surface area contributed by atoms with Crippen molar-refractivity contribution in [2.24, 2.45) is 0 Å². The lowest BCUT2D eigenvalue weighted by atomic mass is 10.0. The number of likely N-dealkylation sites (N-methyl/N-ethyl adjacent to an activating group) is 2. The molecule has 0 saturated heterocycles. The van der Waals surface area contributed by atoms with Crippen LogP contribution < -0.4 is 31.1 Å². The Labute approximate surface area is 314 Å². The van der Waals surface area contributed by atoms with Gasteiger partial charge >= 0.3 is 0 Å². The summed E-state index contributed by atoms with van der Waals surface area (Å²) in [6.45, 7) is 4.82. The molecule has 0 fully saturated rings. The standard InChI is InChI=1S/C40H44N12O2/c1-27-25-33(43-37-45-35(41-31-11-7-5-8-12-31)47-39(49-37)51(3)21-23-53)19-17-29(27)15-16-30-18-20-34(26-28(30)2)44-38-46-36(42-32-13-9-6-10-14-32)48-40(50-38)52(4)22-24-54/h5-20,25-26,53-54H,21-24H2,1-4H3,(H2,41,43,45,47,49)(H2,42,44,46,48,50). The number of nitrogens with zero attached hydrogens (tertiary/aromatic N) is 8. The molecule has 6 rings (SSSR count). The van der Waals surface area contributed by atoms with Crippen LogP contribution >= 0.6 is 0 Å². The number of aryl methyl sites for hydroxylation is 2. The van der Waals surface area contributed by atoms with Gasteiger partial charge in [0.15, 0.2) is 0 Å². The van der Waals surface area contributed by atoms with E-state index < -0.39 is 0 Å². The van der Waals surface area contributed by atoms with E-state index in [9.17, 15) is 10.2 Å². The highest BCUT2D eigenvalue weighted by Gasteiger charge is 2.13. The van der Waals surface area contributed by atoms with E-state index >= 15 is 0 Å². The maximum absolute atomic E-state index is 9.48. The molecule has 14 heteroatoms. The van der Waals surface area contributed by atoms with E-state index in [0.29, 0.717) is 48.8 Å². The van der Waals surface area contributed by atoms with Gasteiger partial charge in [0.05, 0.1) is 13.2 Å². The third-order valence-electron chi connectivity index (χ3n) is 8.36. The van der Waals surface area contributed by atoms with Crippen molar-refractivity contribution in [2.75, 3.05) is 71.5 Å². The smallest absolute Gasteiger partial charge is 0.233 e. The summed E-state index contributed by atoms with van der Waals surface area (Å²) < 4.78 is 0. The molecule has 0 aliphatic heterocycles. The van der Waals surface area contributed by atoms with Gasteiger partial charge in [0.1, 0.15) is 0 Å². The predicted molar refractivity (Wildman–Crippen MR) is 218 cm³/mol. The highest BCUT2D eigenvalue weighted by molar-refractivity contribution is 5.75. The molecule has 14 nitrogen and oxygen atoms in total. The van der Waals surface area contributed by atoms with Crippen molar-refractivity contribution in [3.05, 3.63) is 119 Å². The number of nitrogens with one attached hydrogen (secondary N) is 4. The molecule has 4 aromatic carbocycles. The van der Waals surface area contributed by atoms with Crippen LogP contribution in [0.5, 0.6) is 0 Å². The molecule has 0 aliphatic rings. The molecule has 0 bridgehead atoms. The van der Waals surface area contributed by atoms with Gasteiger partial charge in [-0.15, -0.1) is 0 Å². The van der Waals surface area contributed by atoms with Crippen LogP contribution in [-0.2, 0) is 0 Å². The van der Waals surface area contributed by atoms with E-state index in [1.165, 1.54) is 0 Å². The summed E-state index contributed by atoms with van der Waals surface area (Å²) in [5, 5.41) is 32.1. The summed E-state index contributed by atoms with van der Waals surface area (Å²) in [7, 11) is 3.65. The zero-order valence-electron chi connectivity index (χ0n) is 30.7. The SMILES string of the molecule is Cc1cc(Nc2nc(Nc3ccccc3)nc(N(C)CCO)n2)ccc1C=Cc1ccc(Nc2nc(Nc3ccccc3)nc(N(C)CCO)n2)cc1C. The topological polar surface area (TPSA) is 172 Å². The second kappa shape index (κ2) is 17.7. The summed E-state index contributed by atoms with van der Waals surface area (Å²) in [4.78, 5) is 31.0. The fraction of sp³-hybridized carbons (Fsp3) is 0.200. The number of hydrogen-bond donors (Lipinski definition) is 6. The minimum absolute atomic E-state index is 0.0263. The van der Waals surface area contributed by atoms with Crippen molar-refractivity contribution in [3.8, 4) is 0 Å². The second-order valence-corrected chi connectivity index (χ2v) is 12.6. The fourth-order valence-corrected chi connectivity index (χ4v) is 5.41. The van der Waals surface area contributed by atoms with Crippen molar-refractivity contribution >= 4 is 70.6 Å². The molecule has 6 aromatic rings. The molecule has 2 heterocycles. The first-order chi connectivity index (χ1) is 26.3. The van der Waals surface area contributed by atoms with Crippen molar-refractivity contribution in [1.29, 1.82) is 0 Å². The van der Waals surface area contributed by atoms with Crippen LogP contribution in [0.15, 0.2) is 97.1 Å². The zero-order valence-corrected chi connectivity index (χ0v) is 30.7. The van der Waals surface area contributed by atoms with Gasteiger partial charge in [-0.1, -0.05) is 60.7 Å². The largest absolute Gasteiger partial charge is 0.395 e. The molecule has 6 N–H and O–H groups in total. The lowest BCUT2D eigenvalue weighted by Crippen LogP contribution is -2.24. The summed E-state index contributed by atoms with van der Waals surface area (Å²) in [6, 6.07) is 31.5. The summed E-state index contributed by atoms with van der Waals surface area (Å²) in [6.07, 6.45) is 4.19. The number of para-hydroxylation sites is 2. The Bertz CT molecular complexity index is 2030. The first-order valence-electron chi connectivity index (χ1n) is 17.5. The van der Waals surface area contributed by atoms with Crippen molar-refractivity contribution in [3.63, 3.8) is 0 Å². The summed E-state index contributed by atoms with van der Waals surface area (Å²) >= 11 is 0. The third kappa shape index (κ3) is 10.0.